The number of benzene rings is 2. The van der Waals surface area contributed by atoms with Gasteiger partial charge in [0.15, 0.2) is 0 Å². The van der Waals surface area contributed by atoms with Crippen molar-refractivity contribution >= 4 is 40.7 Å². The second-order valence-electron chi connectivity index (χ2n) is 7.85. The van der Waals surface area contributed by atoms with Gasteiger partial charge in [-0.15, -0.1) is 0 Å². The zero-order valence-corrected chi connectivity index (χ0v) is 19.6. The number of carbonyl (C=O) groups excluding carboxylic acids is 2. The number of aliphatic hydroxyl groups is 1. The number of hydrogen-bond acceptors (Lipinski definition) is 6. The Labute approximate surface area is 202 Å². The monoisotopic (exact) mass is 490 g/mol. The maximum Gasteiger partial charge on any atom is 0.295 e. The van der Waals surface area contributed by atoms with E-state index in [1.165, 1.54) is 18.1 Å². The Morgan fingerprint density at radius 1 is 1.09 bits per heavy atom. The summed E-state index contributed by atoms with van der Waals surface area (Å²) in [5.74, 6) is -1.23. The summed E-state index contributed by atoms with van der Waals surface area (Å²) in [5, 5.41) is 12.0. The molecule has 2 aromatic rings. The maximum absolute atomic E-state index is 13.1. The fraction of sp³-hybridized carbons (Fsp3) is 0.333. The van der Waals surface area contributed by atoms with Crippen molar-refractivity contribution in [3.05, 3.63) is 69.2 Å². The van der Waals surface area contributed by atoms with Gasteiger partial charge < -0.3 is 19.5 Å². The summed E-state index contributed by atoms with van der Waals surface area (Å²) in [5.41, 5.74) is 1.03. The first-order valence-electron chi connectivity index (χ1n) is 10.6. The SMILES string of the molecule is COc1ccc(C(O)=C2C(=O)C(=O)N(CCN3CCOCC3)[C@H]2c2ccc(Cl)cc2)cc1Cl. The third kappa shape index (κ3) is 4.87. The summed E-state index contributed by atoms with van der Waals surface area (Å²) in [7, 11) is 1.49. The molecule has 0 spiro atoms. The number of likely N-dealkylation sites (tertiary alicyclic amines) is 1. The maximum atomic E-state index is 13.1. The van der Waals surface area contributed by atoms with Crippen molar-refractivity contribution in [2.24, 2.45) is 0 Å². The smallest absolute Gasteiger partial charge is 0.295 e. The van der Waals surface area contributed by atoms with Gasteiger partial charge in [-0.25, -0.2) is 0 Å². The molecule has 1 atom stereocenters. The van der Waals surface area contributed by atoms with Crippen LogP contribution in [0.4, 0.5) is 0 Å². The van der Waals surface area contributed by atoms with Gasteiger partial charge in [-0.3, -0.25) is 14.5 Å². The molecule has 0 unspecified atom stereocenters. The van der Waals surface area contributed by atoms with E-state index in [0.29, 0.717) is 48.2 Å². The molecular weight excluding hydrogens is 467 g/mol. The minimum atomic E-state index is -0.746. The summed E-state index contributed by atoms with van der Waals surface area (Å²) in [4.78, 5) is 29.9. The molecule has 1 amide bonds. The number of ether oxygens (including phenoxy) is 2. The van der Waals surface area contributed by atoms with Crippen molar-refractivity contribution in [2.75, 3.05) is 46.5 Å². The number of methoxy groups -OCH3 is 1. The van der Waals surface area contributed by atoms with Crippen LogP contribution in [0, 0.1) is 0 Å². The number of aliphatic hydroxyl groups excluding tert-OH is 1. The molecule has 2 saturated heterocycles. The second kappa shape index (κ2) is 10.1. The van der Waals surface area contributed by atoms with Crippen LogP contribution in [-0.4, -0.2) is 73.1 Å². The van der Waals surface area contributed by atoms with Crippen molar-refractivity contribution in [2.45, 2.75) is 6.04 Å². The predicted octanol–water partition coefficient (Wildman–Crippen LogP) is 3.76. The van der Waals surface area contributed by atoms with E-state index in [2.05, 4.69) is 4.90 Å². The number of amides is 1. The molecule has 0 saturated carbocycles. The standard InChI is InChI=1S/C24H24Cl2N2O5/c1-32-19-7-4-16(14-18(19)26)22(29)20-21(15-2-5-17(25)6-3-15)28(24(31)23(20)30)9-8-27-10-12-33-13-11-27/h2-7,14,21,29H,8-13H2,1H3/t21-/m0/s1. The lowest BCUT2D eigenvalue weighted by Crippen LogP contribution is -2.42. The van der Waals surface area contributed by atoms with E-state index < -0.39 is 17.7 Å². The predicted molar refractivity (Wildman–Crippen MR) is 126 cm³/mol. The third-order valence-electron chi connectivity index (χ3n) is 5.91. The molecule has 2 aliphatic rings. The quantitative estimate of drug-likeness (QED) is 0.377. The zero-order valence-electron chi connectivity index (χ0n) is 18.1. The molecule has 0 aliphatic carbocycles. The van der Waals surface area contributed by atoms with Gasteiger partial charge in [0.25, 0.3) is 11.7 Å². The number of nitrogens with zero attached hydrogens (tertiary/aromatic N) is 2. The van der Waals surface area contributed by atoms with Crippen LogP contribution in [0.3, 0.4) is 0 Å². The van der Waals surface area contributed by atoms with E-state index in [9.17, 15) is 14.7 Å². The van der Waals surface area contributed by atoms with Crippen LogP contribution in [-0.2, 0) is 14.3 Å². The molecule has 174 valence electrons. The Balaban J connectivity index is 1.74. The first-order chi connectivity index (χ1) is 15.9. The summed E-state index contributed by atoms with van der Waals surface area (Å²) < 4.78 is 10.6. The van der Waals surface area contributed by atoms with E-state index in [1.54, 1.807) is 36.4 Å². The minimum Gasteiger partial charge on any atom is -0.507 e. The van der Waals surface area contributed by atoms with Crippen LogP contribution < -0.4 is 4.74 Å². The molecule has 2 aliphatic heterocycles. The van der Waals surface area contributed by atoms with E-state index in [0.717, 1.165) is 13.1 Å². The van der Waals surface area contributed by atoms with Gasteiger partial charge in [-0.05, 0) is 35.9 Å². The number of ketones is 1. The highest BCUT2D eigenvalue weighted by atomic mass is 35.5. The lowest BCUT2D eigenvalue weighted by Gasteiger charge is -2.31. The van der Waals surface area contributed by atoms with Crippen LogP contribution >= 0.6 is 23.2 Å². The Morgan fingerprint density at radius 2 is 1.79 bits per heavy atom. The fourth-order valence-electron chi connectivity index (χ4n) is 4.15. The summed E-state index contributed by atoms with van der Waals surface area (Å²) in [6.07, 6.45) is 0. The molecule has 2 aromatic carbocycles. The topological polar surface area (TPSA) is 79.3 Å². The summed E-state index contributed by atoms with van der Waals surface area (Å²) in [6.45, 7) is 3.72. The largest absolute Gasteiger partial charge is 0.507 e. The third-order valence-corrected chi connectivity index (χ3v) is 6.46. The number of rotatable bonds is 6. The Hall–Kier alpha value is -2.58. The van der Waals surface area contributed by atoms with E-state index >= 15 is 0 Å². The molecule has 9 heteroatoms. The Kier molecular flexibility index (Phi) is 7.24. The highest BCUT2D eigenvalue weighted by molar-refractivity contribution is 6.46. The summed E-state index contributed by atoms with van der Waals surface area (Å²) in [6, 6.07) is 10.9. The minimum absolute atomic E-state index is 0.0190. The van der Waals surface area contributed by atoms with Gasteiger partial charge in [0.2, 0.25) is 0 Å². The van der Waals surface area contributed by atoms with Crippen LogP contribution in [0.2, 0.25) is 10.0 Å². The Morgan fingerprint density at radius 3 is 2.42 bits per heavy atom. The van der Waals surface area contributed by atoms with Crippen molar-refractivity contribution < 1.29 is 24.2 Å². The average Bonchev–Trinajstić information content (AvgIpc) is 3.08. The van der Waals surface area contributed by atoms with Gasteiger partial charge in [-0.1, -0.05) is 35.3 Å². The molecule has 33 heavy (non-hydrogen) atoms. The highest BCUT2D eigenvalue weighted by Crippen LogP contribution is 2.40. The molecule has 1 N–H and O–H groups in total. The van der Waals surface area contributed by atoms with Gasteiger partial charge >= 0.3 is 0 Å². The fourth-order valence-corrected chi connectivity index (χ4v) is 4.53. The molecule has 2 fully saturated rings. The van der Waals surface area contributed by atoms with E-state index in [4.69, 9.17) is 32.7 Å². The van der Waals surface area contributed by atoms with Crippen molar-refractivity contribution in [3.63, 3.8) is 0 Å². The zero-order chi connectivity index (χ0) is 23.5. The molecule has 0 bridgehead atoms. The normalized spacial score (nSPS) is 20.9. The van der Waals surface area contributed by atoms with E-state index in [1.807, 2.05) is 0 Å². The average molecular weight is 491 g/mol. The number of carbonyl (C=O) groups is 2. The number of morpholine rings is 1. The highest BCUT2D eigenvalue weighted by Gasteiger charge is 2.46. The molecule has 0 aromatic heterocycles. The van der Waals surface area contributed by atoms with Crippen LogP contribution in [0.5, 0.6) is 5.75 Å². The lowest BCUT2D eigenvalue weighted by atomic mass is 9.95. The molecule has 7 nitrogen and oxygen atoms in total. The van der Waals surface area contributed by atoms with Crippen molar-refractivity contribution in [1.29, 1.82) is 0 Å². The van der Waals surface area contributed by atoms with Crippen molar-refractivity contribution in [1.82, 2.24) is 9.80 Å². The number of halogens is 2. The first-order valence-corrected chi connectivity index (χ1v) is 11.3. The number of hydrogen-bond donors (Lipinski definition) is 1. The Bertz CT molecular complexity index is 1080. The van der Waals surface area contributed by atoms with Gasteiger partial charge in [0.05, 0.1) is 37.0 Å². The molecule has 0 radical (unpaired) electrons. The van der Waals surface area contributed by atoms with E-state index in [-0.39, 0.29) is 16.4 Å². The summed E-state index contributed by atoms with van der Waals surface area (Å²) >= 11 is 12.3. The van der Waals surface area contributed by atoms with Crippen molar-refractivity contribution in [3.8, 4) is 5.75 Å². The van der Waals surface area contributed by atoms with Gasteiger partial charge in [0, 0.05) is 36.8 Å². The van der Waals surface area contributed by atoms with Crippen LogP contribution in [0.25, 0.3) is 5.76 Å². The van der Waals surface area contributed by atoms with Crippen LogP contribution in [0.1, 0.15) is 17.2 Å². The number of Topliss-reactive ketones (excluding diaryl/α,β-unsaturated/α-hetero) is 1. The van der Waals surface area contributed by atoms with Gasteiger partial charge in [0.1, 0.15) is 11.5 Å². The lowest BCUT2D eigenvalue weighted by molar-refractivity contribution is -0.140. The molecule has 4 rings (SSSR count). The molecular formula is C24H24Cl2N2O5. The second-order valence-corrected chi connectivity index (χ2v) is 8.69. The molecule has 2 heterocycles. The first kappa shape index (κ1) is 23.6. The van der Waals surface area contributed by atoms with Crippen LogP contribution in [0.15, 0.2) is 48.0 Å². The van der Waals surface area contributed by atoms with Gasteiger partial charge in [-0.2, -0.15) is 0 Å².